The van der Waals surface area contributed by atoms with Crippen LogP contribution in [0.5, 0.6) is 11.5 Å². The molecule has 25 heavy (non-hydrogen) atoms. The van der Waals surface area contributed by atoms with E-state index >= 15 is 0 Å². The molecule has 1 atom stereocenters. The van der Waals surface area contributed by atoms with Gasteiger partial charge in [-0.05, 0) is 25.1 Å². The standard InChI is InChI=1S/C17H20N6O2/c1-12(25-14-7-5-6-13(10-14)24-4)15-8-9-18-17-20-16(21-23(15)17)19-11-22(2)3/h5-12H,1-4H3/t12-/m1/s1. The van der Waals surface area contributed by atoms with Gasteiger partial charge in [-0.2, -0.15) is 9.50 Å². The zero-order valence-corrected chi connectivity index (χ0v) is 14.6. The highest BCUT2D eigenvalue weighted by atomic mass is 16.5. The van der Waals surface area contributed by atoms with Gasteiger partial charge >= 0.3 is 0 Å². The second kappa shape index (κ2) is 7.16. The number of fused-ring (bicyclic) bond motifs is 1. The van der Waals surface area contributed by atoms with Crippen molar-refractivity contribution in [3.63, 3.8) is 0 Å². The van der Waals surface area contributed by atoms with Crippen molar-refractivity contribution in [2.24, 2.45) is 4.99 Å². The molecule has 0 unspecified atom stereocenters. The van der Waals surface area contributed by atoms with Gasteiger partial charge in [0.15, 0.2) is 0 Å². The van der Waals surface area contributed by atoms with Gasteiger partial charge in [-0.15, -0.1) is 5.10 Å². The monoisotopic (exact) mass is 340 g/mol. The van der Waals surface area contributed by atoms with Gasteiger partial charge < -0.3 is 14.4 Å². The number of nitrogens with zero attached hydrogens (tertiary/aromatic N) is 6. The van der Waals surface area contributed by atoms with Gasteiger partial charge in [0.25, 0.3) is 11.7 Å². The lowest BCUT2D eigenvalue weighted by Gasteiger charge is -2.15. The molecule has 8 heteroatoms. The van der Waals surface area contributed by atoms with Crippen LogP contribution in [0.4, 0.5) is 5.95 Å². The van der Waals surface area contributed by atoms with Crippen molar-refractivity contribution >= 4 is 18.1 Å². The van der Waals surface area contributed by atoms with E-state index in [9.17, 15) is 0 Å². The van der Waals surface area contributed by atoms with E-state index in [1.54, 1.807) is 24.2 Å². The summed E-state index contributed by atoms with van der Waals surface area (Å²) in [5.74, 6) is 2.28. The van der Waals surface area contributed by atoms with Crippen molar-refractivity contribution in [2.75, 3.05) is 21.2 Å². The second-order valence-corrected chi connectivity index (χ2v) is 5.64. The molecule has 2 heterocycles. The predicted molar refractivity (Wildman–Crippen MR) is 94.7 cm³/mol. The molecule has 2 aromatic heterocycles. The van der Waals surface area contributed by atoms with E-state index in [4.69, 9.17) is 9.47 Å². The summed E-state index contributed by atoms with van der Waals surface area (Å²) in [5.41, 5.74) is 0.826. The lowest BCUT2D eigenvalue weighted by Crippen LogP contribution is -2.10. The largest absolute Gasteiger partial charge is 0.497 e. The molecule has 0 spiro atoms. The first-order valence-corrected chi connectivity index (χ1v) is 7.80. The summed E-state index contributed by atoms with van der Waals surface area (Å²) < 4.78 is 12.9. The second-order valence-electron chi connectivity index (χ2n) is 5.64. The van der Waals surface area contributed by atoms with Crippen LogP contribution in [0.2, 0.25) is 0 Å². The Bertz CT molecular complexity index is 890. The Kier molecular flexibility index (Phi) is 4.78. The number of hydrogen-bond donors (Lipinski definition) is 0. The Hall–Kier alpha value is -3.16. The lowest BCUT2D eigenvalue weighted by molar-refractivity contribution is 0.218. The Labute approximate surface area is 145 Å². The third-order valence-electron chi connectivity index (χ3n) is 3.43. The van der Waals surface area contributed by atoms with E-state index in [1.165, 1.54) is 0 Å². The van der Waals surface area contributed by atoms with E-state index in [0.717, 1.165) is 11.4 Å². The molecular weight excluding hydrogens is 320 g/mol. The molecule has 3 rings (SSSR count). The topological polar surface area (TPSA) is 77.1 Å². The highest BCUT2D eigenvalue weighted by Gasteiger charge is 2.15. The number of benzene rings is 1. The van der Waals surface area contributed by atoms with E-state index in [2.05, 4.69) is 20.1 Å². The molecule has 1 aromatic carbocycles. The summed E-state index contributed by atoms with van der Waals surface area (Å²) in [5, 5.41) is 4.39. The SMILES string of the molecule is COc1cccc(O[C@H](C)c2ccnc3nc(N=CN(C)C)nn23)c1. The minimum Gasteiger partial charge on any atom is -0.497 e. The fourth-order valence-electron chi connectivity index (χ4n) is 2.27. The Morgan fingerprint density at radius 1 is 1.24 bits per heavy atom. The summed E-state index contributed by atoms with van der Waals surface area (Å²) in [6, 6.07) is 9.32. The molecule has 0 N–H and O–H groups in total. The van der Waals surface area contributed by atoms with E-state index in [1.807, 2.05) is 56.3 Å². The number of methoxy groups -OCH3 is 1. The molecular formula is C17H20N6O2. The Morgan fingerprint density at radius 2 is 2.04 bits per heavy atom. The molecule has 8 nitrogen and oxygen atoms in total. The Balaban J connectivity index is 1.89. The first-order chi connectivity index (χ1) is 12.1. The van der Waals surface area contributed by atoms with Crippen molar-refractivity contribution in [1.29, 1.82) is 0 Å². The van der Waals surface area contributed by atoms with Gasteiger partial charge in [0.1, 0.15) is 17.6 Å². The lowest BCUT2D eigenvalue weighted by atomic mass is 10.2. The molecule has 3 aromatic rings. The minimum atomic E-state index is -0.259. The van der Waals surface area contributed by atoms with Gasteiger partial charge in [-0.3, -0.25) is 0 Å². The van der Waals surface area contributed by atoms with Crippen LogP contribution in [-0.2, 0) is 0 Å². The van der Waals surface area contributed by atoms with Crippen LogP contribution in [0.1, 0.15) is 18.7 Å². The fourth-order valence-corrected chi connectivity index (χ4v) is 2.27. The first-order valence-electron chi connectivity index (χ1n) is 7.80. The highest BCUT2D eigenvalue weighted by Crippen LogP contribution is 2.25. The van der Waals surface area contributed by atoms with Crippen LogP contribution in [0.15, 0.2) is 41.5 Å². The zero-order chi connectivity index (χ0) is 17.8. The average Bonchev–Trinajstić information content (AvgIpc) is 3.03. The normalized spacial score (nSPS) is 12.5. The number of ether oxygens (including phenoxy) is 2. The Morgan fingerprint density at radius 3 is 2.80 bits per heavy atom. The van der Waals surface area contributed by atoms with Crippen LogP contribution in [0, 0.1) is 0 Å². The summed E-state index contributed by atoms with van der Waals surface area (Å²) in [4.78, 5) is 14.6. The predicted octanol–water partition coefficient (Wildman–Crippen LogP) is 2.49. The smallest absolute Gasteiger partial charge is 0.272 e. The molecule has 0 amide bonds. The van der Waals surface area contributed by atoms with Crippen molar-refractivity contribution in [3.05, 3.63) is 42.2 Å². The van der Waals surface area contributed by atoms with Gasteiger partial charge in [-0.25, -0.2) is 9.98 Å². The summed E-state index contributed by atoms with van der Waals surface area (Å²) >= 11 is 0. The van der Waals surface area contributed by atoms with Crippen LogP contribution in [0.3, 0.4) is 0 Å². The van der Waals surface area contributed by atoms with Gasteiger partial charge in [0.2, 0.25) is 0 Å². The number of rotatable bonds is 6. The summed E-state index contributed by atoms with van der Waals surface area (Å²) in [7, 11) is 5.39. The molecule has 130 valence electrons. The van der Waals surface area contributed by atoms with Gasteiger partial charge in [-0.1, -0.05) is 6.07 Å². The van der Waals surface area contributed by atoms with Crippen LogP contribution in [0.25, 0.3) is 5.78 Å². The molecule has 0 saturated carbocycles. The highest BCUT2D eigenvalue weighted by molar-refractivity contribution is 5.58. The van der Waals surface area contributed by atoms with E-state index in [0.29, 0.717) is 17.5 Å². The number of aromatic nitrogens is 4. The van der Waals surface area contributed by atoms with Crippen molar-refractivity contribution in [1.82, 2.24) is 24.5 Å². The van der Waals surface area contributed by atoms with E-state index < -0.39 is 0 Å². The molecule has 0 aliphatic rings. The van der Waals surface area contributed by atoms with Gasteiger partial charge in [0.05, 0.1) is 19.1 Å². The summed E-state index contributed by atoms with van der Waals surface area (Å²) in [6.07, 6.45) is 3.07. The third kappa shape index (κ3) is 3.85. The molecule has 0 bridgehead atoms. The number of hydrogen-bond acceptors (Lipinski definition) is 6. The van der Waals surface area contributed by atoms with E-state index in [-0.39, 0.29) is 6.10 Å². The zero-order valence-electron chi connectivity index (χ0n) is 14.6. The molecule has 0 aliphatic heterocycles. The fraction of sp³-hybridized carbons (Fsp3) is 0.294. The van der Waals surface area contributed by atoms with Crippen molar-refractivity contribution in [2.45, 2.75) is 13.0 Å². The van der Waals surface area contributed by atoms with Crippen molar-refractivity contribution in [3.8, 4) is 11.5 Å². The number of aliphatic imine (C=N–C) groups is 1. The quantitative estimate of drug-likeness (QED) is 0.507. The maximum Gasteiger partial charge on any atom is 0.272 e. The average molecular weight is 340 g/mol. The van der Waals surface area contributed by atoms with Gasteiger partial charge in [0, 0.05) is 26.4 Å². The van der Waals surface area contributed by atoms with Crippen LogP contribution >= 0.6 is 0 Å². The maximum absolute atomic E-state index is 6.02. The third-order valence-corrected chi connectivity index (χ3v) is 3.43. The molecule has 0 radical (unpaired) electrons. The first kappa shape index (κ1) is 16.7. The molecule has 0 saturated heterocycles. The van der Waals surface area contributed by atoms with Crippen molar-refractivity contribution < 1.29 is 9.47 Å². The van der Waals surface area contributed by atoms with Crippen LogP contribution < -0.4 is 9.47 Å². The molecule has 0 fully saturated rings. The van der Waals surface area contributed by atoms with Crippen LogP contribution in [-0.4, -0.2) is 52.0 Å². The summed E-state index contributed by atoms with van der Waals surface area (Å²) in [6.45, 7) is 1.94. The molecule has 0 aliphatic carbocycles. The minimum absolute atomic E-state index is 0.259. The maximum atomic E-state index is 6.02.